The van der Waals surface area contributed by atoms with Crippen LogP contribution in [0.2, 0.25) is 0 Å². The van der Waals surface area contributed by atoms with Crippen LogP contribution in [0, 0.1) is 5.92 Å². The molecule has 0 saturated heterocycles. The van der Waals surface area contributed by atoms with Crippen molar-refractivity contribution < 1.29 is 77.6 Å². The van der Waals surface area contributed by atoms with Crippen LogP contribution in [0.3, 0.4) is 0 Å². The zero-order chi connectivity index (χ0) is 35.8. The Balaban J connectivity index is -0.000000256. The number of ether oxygens (including phenoxy) is 3. The van der Waals surface area contributed by atoms with Gasteiger partial charge in [0, 0.05) is 74.1 Å². The smallest absolute Gasteiger partial charge is 0.163 e. The van der Waals surface area contributed by atoms with Gasteiger partial charge < -0.3 is 50.0 Å². The van der Waals surface area contributed by atoms with Crippen LogP contribution < -0.4 is 13.3 Å². The fraction of sp³-hybridized carbons (Fsp3) is 0.607. The van der Waals surface area contributed by atoms with Crippen LogP contribution in [-0.4, -0.2) is 116 Å². The van der Waals surface area contributed by atoms with Crippen molar-refractivity contribution in [1.29, 1.82) is 0 Å². The number of ketones is 2. The zero-order valence-electron chi connectivity index (χ0n) is 26.1. The Morgan fingerprint density at radius 3 is 1.58 bits per heavy atom. The number of carbonyl (C=O) groups excluding carboxylic acids is 3. The molecule has 2 heterocycles. The number of carbonyl (C=O) groups is 3. The average Bonchev–Trinajstić information content (AvgIpc) is 3.55. The molecule has 284 valence electrons. The number of hydrogen-bond donors (Lipinski definition) is 7. The third kappa shape index (κ3) is 24.5. The SMILES string of the molecule is CC[C@H]1OC=C[C@@H](OC(C)=O)[C@@H]1C.I.I.II.I[I-]I.O=C1CC(O)C=C1CO.O=C1CC(O)C=C1CO.OC[C@H]1OC=C[C@@H](O)[C@@H]1O. The molecule has 0 spiro atoms. The maximum absolute atomic E-state index is 10.8. The molecule has 0 aromatic heterocycles. The quantitative estimate of drug-likeness (QED) is 0.150. The maximum Gasteiger partial charge on any atom is 0.163 e. The first-order chi connectivity index (χ1) is 21.8. The second-order valence-electron chi connectivity index (χ2n) is 9.65. The second-order valence-corrected chi connectivity index (χ2v) is 25.9. The maximum atomic E-state index is 10.8. The van der Waals surface area contributed by atoms with E-state index in [9.17, 15) is 14.4 Å². The first kappa shape index (κ1) is 56.9. The molecule has 4 rings (SSSR count). The fourth-order valence-corrected chi connectivity index (χ4v) is 4.02. The van der Waals surface area contributed by atoms with E-state index < -0.39 is 30.5 Å². The number of esters is 1. The zero-order valence-corrected chi connectivity index (χ0v) is 41.6. The van der Waals surface area contributed by atoms with Gasteiger partial charge in [-0.15, -0.1) is 48.0 Å². The summed E-state index contributed by atoms with van der Waals surface area (Å²) in [5.41, 5.74) is 0.671. The first-order valence-corrected chi connectivity index (χ1v) is 32.5. The van der Waals surface area contributed by atoms with Gasteiger partial charge in [-0.05, 0) is 30.7 Å². The van der Waals surface area contributed by atoms with Crippen LogP contribution in [0.1, 0.15) is 40.0 Å². The summed E-state index contributed by atoms with van der Waals surface area (Å²) in [6.07, 6.45) is 6.07. The second kappa shape index (κ2) is 34.9. The van der Waals surface area contributed by atoms with Gasteiger partial charge in [0.1, 0.15) is 30.5 Å². The van der Waals surface area contributed by atoms with Crippen LogP contribution in [0.15, 0.2) is 48.0 Å². The van der Waals surface area contributed by atoms with Crippen molar-refractivity contribution in [3.8, 4) is 0 Å². The fourth-order valence-electron chi connectivity index (χ4n) is 4.02. The molecule has 20 heteroatoms. The van der Waals surface area contributed by atoms with Gasteiger partial charge in [0.2, 0.25) is 0 Å². The van der Waals surface area contributed by atoms with E-state index in [1.54, 1.807) is 12.3 Å². The Bertz CT molecular complexity index is 976. The largest absolute Gasteiger partial charge is 0.493 e. The molecular formula is C28H44I7O13-. The Morgan fingerprint density at radius 2 is 1.29 bits per heavy atom. The summed E-state index contributed by atoms with van der Waals surface area (Å²) in [5.74, 6) is -0.299. The van der Waals surface area contributed by atoms with Gasteiger partial charge in [-0.1, -0.05) is 13.8 Å². The van der Waals surface area contributed by atoms with Crippen LogP contribution in [-0.2, 0) is 28.6 Å². The minimum atomic E-state index is -1.02. The third-order valence-electron chi connectivity index (χ3n) is 6.40. The first-order valence-electron chi connectivity index (χ1n) is 13.6. The van der Waals surface area contributed by atoms with Gasteiger partial charge in [-0.25, -0.2) is 0 Å². The topological polar surface area (TPSA) is 221 Å². The minimum absolute atomic E-state index is 0. The number of rotatable bonds is 5. The van der Waals surface area contributed by atoms with E-state index in [0.29, 0.717) is 24.4 Å². The molecule has 8 atom stereocenters. The summed E-state index contributed by atoms with van der Waals surface area (Å²) in [4.78, 5) is 32.0. The molecule has 0 radical (unpaired) electrons. The van der Waals surface area contributed by atoms with E-state index in [-0.39, 0.29) is 116 Å². The number of halogens is 7. The summed E-state index contributed by atoms with van der Waals surface area (Å²) in [7, 11) is 0. The van der Waals surface area contributed by atoms with E-state index in [1.807, 2.05) is 6.92 Å². The normalized spacial score (nSPS) is 27.5. The summed E-state index contributed by atoms with van der Waals surface area (Å²) < 4.78 is 15.3. The van der Waals surface area contributed by atoms with Crippen LogP contribution in [0.4, 0.5) is 0 Å². The summed E-state index contributed by atoms with van der Waals surface area (Å²) in [6.45, 7) is 4.72. The van der Waals surface area contributed by atoms with Gasteiger partial charge in [0.15, 0.2) is 11.6 Å². The van der Waals surface area contributed by atoms with Crippen molar-refractivity contribution in [1.82, 2.24) is 0 Å². The molecule has 0 saturated carbocycles. The molecule has 0 aromatic carbocycles. The molecule has 48 heavy (non-hydrogen) atoms. The van der Waals surface area contributed by atoms with Crippen LogP contribution in [0.5, 0.6) is 0 Å². The van der Waals surface area contributed by atoms with E-state index in [4.69, 9.17) is 50.0 Å². The van der Waals surface area contributed by atoms with Gasteiger partial charge in [-0.3, -0.25) is 14.4 Å². The molecule has 0 amide bonds. The Hall–Kier alpha value is 2.20. The van der Waals surface area contributed by atoms with E-state index in [0.717, 1.165) is 6.42 Å². The predicted molar refractivity (Wildman–Crippen MR) is 231 cm³/mol. The van der Waals surface area contributed by atoms with E-state index in [1.165, 1.54) is 31.4 Å². The van der Waals surface area contributed by atoms with E-state index in [2.05, 4.69) is 81.4 Å². The summed E-state index contributed by atoms with van der Waals surface area (Å²) >= 11 is 9.54. The van der Waals surface area contributed by atoms with Crippen molar-refractivity contribution in [3.63, 3.8) is 0 Å². The van der Waals surface area contributed by atoms with Gasteiger partial charge in [0.25, 0.3) is 0 Å². The standard InChI is InChI=1S/C10H16O3.C6H10O4.2C6H8O3.I3.I2.2HI/c1-4-9-7(2)10(5-6-12-9)13-8(3)11;7-3-5-6(9)4(8)1-2-10-5;2*7-3-4-1-5(8)2-6(4)9;1-3-2;1-2;;/h5-7,9-10H,4H2,1-3H3;1-2,4-9H,3H2;2*1,5,7-8H,2-3H2;;;2*1H/q;;;;-1;;;/t7-,9-,10-;4-,5-,6+;;;;;;/m11....../s1. The van der Waals surface area contributed by atoms with Gasteiger partial charge >= 0.3 is 56.5 Å². The van der Waals surface area contributed by atoms with Crippen LogP contribution in [0.25, 0.3) is 0 Å². The van der Waals surface area contributed by atoms with Crippen molar-refractivity contribution in [2.75, 3.05) is 19.8 Å². The summed E-state index contributed by atoms with van der Waals surface area (Å²) in [6, 6.07) is 0. The molecule has 0 bridgehead atoms. The van der Waals surface area contributed by atoms with Gasteiger partial charge in [0.05, 0.1) is 44.6 Å². The minimum Gasteiger partial charge on any atom is -0.493 e. The molecular weight excluding hydrogens is 1430 g/mol. The Kier molecular flexibility index (Phi) is 41.4. The van der Waals surface area contributed by atoms with Crippen molar-refractivity contribution in [2.45, 2.75) is 82.8 Å². The summed E-state index contributed by atoms with van der Waals surface area (Å²) in [5, 5.41) is 61.0. The average molecular weight is 1480 g/mol. The molecule has 0 fully saturated rings. The third-order valence-corrected chi connectivity index (χ3v) is 6.40. The number of hydrogen-bond acceptors (Lipinski definition) is 13. The monoisotopic (exact) mass is 1480 g/mol. The molecule has 2 aliphatic heterocycles. The molecule has 7 N–H and O–H groups in total. The van der Waals surface area contributed by atoms with Crippen molar-refractivity contribution in [3.05, 3.63) is 48.0 Å². The molecule has 2 unspecified atom stereocenters. The Labute approximate surface area is 368 Å². The van der Waals surface area contributed by atoms with E-state index >= 15 is 0 Å². The predicted octanol–water partition coefficient (Wildman–Crippen LogP) is 0.750. The molecule has 4 aliphatic rings. The number of Topliss-reactive ketones (excluding diaryl/α,β-unsaturated/α-hetero) is 2. The van der Waals surface area contributed by atoms with Crippen molar-refractivity contribution in [2.24, 2.45) is 5.92 Å². The Morgan fingerprint density at radius 1 is 0.875 bits per heavy atom. The van der Waals surface area contributed by atoms with Crippen molar-refractivity contribution >= 4 is 140 Å². The molecule has 0 aromatic rings. The molecule has 2 aliphatic carbocycles. The number of aliphatic hydroxyl groups is 7. The molecule has 13 nitrogen and oxygen atoms in total. The van der Waals surface area contributed by atoms with Gasteiger partial charge in [-0.2, -0.15) is 0 Å². The van der Waals surface area contributed by atoms with Crippen LogP contribution >= 0.6 is 122 Å². The number of aliphatic hydroxyl groups excluding tert-OH is 7.